The fourth-order valence-electron chi connectivity index (χ4n) is 6.50. The van der Waals surface area contributed by atoms with Crippen LogP contribution in [0.5, 0.6) is 5.75 Å². The minimum absolute atomic E-state index is 0.0891. The molecule has 0 spiro atoms. The first kappa shape index (κ1) is 18.7. The molecule has 1 nitrogen and oxygen atoms in total. The Kier molecular flexibility index (Phi) is 4.46. The van der Waals surface area contributed by atoms with Crippen LogP contribution in [0.1, 0.15) is 57.1 Å². The molecule has 1 heteroatoms. The van der Waals surface area contributed by atoms with Gasteiger partial charge in [-0.25, -0.2) is 0 Å². The first-order chi connectivity index (χ1) is 13.9. The van der Waals surface area contributed by atoms with Crippen molar-refractivity contribution in [2.75, 3.05) is 0 Å². The molecule has 2 bridgehead atoms. The van der Waals surface area contributed by atoms with Crippen LogP contribution in [0.4, 0.5) is 0 Å². The van der Waals surface area contributed by atoms with Crippen molar-refractivity contribution < 1.29 is 5.11 Å². The molecule has 2 atom stereocenters. The fraction of sp³-hybridized carbons (Fsp3) is 0.429. The molecule has 3 aromatic carbocycles. The maximum absolute atomic E-state index is 11.0. The van der Waals surface area contributed by atoms with Crippen LogP contribution in [0.2, 0.25) is 0 Å². The second-order valence-electron chi connectivity index (χ2n) is 10.3. The molecule has 3 aromatic rings. The van der Waals surface area contributed by atoms with Gasteiger partial charge in [-0.1, -0.05) is 55.8 Å². The molecule has 29 heavy (non-hydrogen) atoms. The molecule has 0 amide bonds. The van der Waals surface area contributed by atoms with Crippen LogP contribution in [0.15, 0.2) is 54.6 Å². The molecule has 0 saturated heterocycles. The second-order valence-corrected chi connectivity index (χ2v) is 10.3. The summed E-state index contributed by atoms with van der Waals surface area (Å²) in [5.74, 6) is 2.98. The smallest absolute Gasteiger partial charge is 0.119 e. The number of rotatable bonds is 2. The number of benzene rings is 3. The van der Waals surface area contributed by atoms with Crippen LogP contribution in [0.3, 0.4) is 0 Å². The first-order valence-corrected chi connectivity index (χ1v) is 11.2. The third-order valence-corrected chi connectivity index (χ3v) is 7.61. The fourth-order valence-corrected chi connectivity index (χ4v) is 6.50. The highest BCUT2D eigenvalue weighted by atomic mass is 16.3. The number of hydrogen-bond donors (Lipinski definition) is 1. The van der Waals surface area contributed by atoms with Crippen molar-refractivity contribution in [2.45, 2.75) is 58.3 Å². The monoisotopic (exact) mass is 384 g/mol. The normalized spacial score (nSPS) is 29.1. The third kappa shape index (κ3) is 3.45. The lowest BCUT2D eigenvalue weighted by Gasteiger charge is -2.47. The standard InChI is InChI=1S/C28H32O/c1-18-4-6-22(7-5-18)23-8-9-24-15-27(29)26(14-25(24)13-23)28(3)16-20-10-19(2)11-21(12-20)17-28/h4-9,13-15,19-21,29H,10-12,16-17H2,1-3H3. The Hall–Kier alpha value is -2.28. The van der Waals surface area contributed by atoms with Gasteiger partial charge in [-0.05, 0) is 102 Å². The molecular weight excluding hydrogens is 352 g/mol. The van der Waals surface area contributed by atoms with Crippen LogP contribution in [-0.2, 0) is 5.41 Å². The highest BCUT2D eigenvalue weighted by Gasteiger charge is 2.42. The molecule has 0 aromatic heterocycles. The molecule has 0 heterocycles. The van der Waals surface area contributed by atoms with Gasteiger partial charge >= 0.3 is 0 Å². The van der Waals surface area contributed by atoms with E-state index in [0.717, 1.165) is 28.7 Å². The van der Waals surface area contributed by atoms with Gasteiger partial charge in [-0.15, -0.1) is 0 Å². The Balaban J connectivity index is 1.55. The summed E-state index contributed by atoms with van der Waals surface area (Å²) in [6.07, 6.45) is 6.54. The van der Waals surface area contributed by atoms with E-state index in [9.17, 15) is 5.11 Å². The van der Waals surface area contributed by atoms with E-state index in [1.807, 2.05) is 6.07 Å². The Labute approximate surface area is 174 Å². The summed E-state index contributed by atoms with van der Waals surface area (Å²) in [5.41, 5.74) is 5.03. The topological polar surface area (TPSA) is 20.2 Å². The Morgan fingerprint density at radius 3 is 2.14 bits per heavy atom. The summed E-state index contributed by atoms with van der Waals surface area (Å²) in [7, 11) is 0. The number of hydrogen-bond acceptors (Lipinski definition) is 1. The minimum atomic E-state index is 0.0891. The van der Waals surface area contributed by atoms with Crippen molar-refractivity contribution in [3.63, 3.8) is 0 Å². The zero-order valence-electron chi connectivity index (χ0n) is 17.9. The molecule has 2 unspecified atom stereocenters. The zero-order chi connectivity index (χ0) is 20.2. The Bertz CT molecular complexity index is 1030. The Morgan fingerprint density at radius 2 is 1.45 bits per heavy atom. The molecule has 2 fully saturated rings. The molecule has 1 N–H and O–H groups in total. The molecule has 5 rings (SSSR count). The minimum Gasteiger partial charge on any atom is -0.508 e. The average molecular weight is 385 g/mol. The van der Waals surface area contributed by atoms with Gasteiger partial charge in [0.15, 0.2) is 0 Å². The summed E-state index contributed by atoms with van der Waals surface area (Å²) >= 11 is 0. The van der Waals surface area contributed by atoms with E-state index in [-0.39, 0.29) is 5.41 Å². The van der Waals surface area contributed by atoms with Gasteiger partial charge in [0.05, 0.1) is 0 Å². The molecule has 2 aliphatic carbocycles. The van der Waals surface area contributed by atoms with Gasteiger partial charge in [-0.2, -0.15) is 0 Å². The van der Waals surface area contributed by atoms with E-state index in [4.69, 9.17) is 0 Å². The number of aryl methyl sites for hydroxylation is 1. The van der Waals surface area contributed by atoms with Crippen molar-refractivity contribution in [3.8, 4) is 16.9 Å². The number of aromatic hydroxyl groups is 1. The van der Waals surface area contributed by atoms with E-state index < -0.39 is 0 Å². The average Bonchev–Trinajstić information content (AvgIpc) is 2.66. The highest BCUT2D eigenvalue weighted by Crippen LogP contribution is 2.53. The van der Waals surface area contributed by atoms with Crippen LogP contribution in [-0.4, -0.2) is 5.11 Å². The van der Waals surface area contributed by atoms with Gasteiger partial charge in [0.1, 0.15) is 5.75 Å². The third-order valence-electron chi connectivity index (χ3n) is 7.61. The van der Waals surface area contributed by atoms with E-state index in [2.05, 4.69) is 69.3 Å². The van der Waals surface area contributed by atoms with Crippen LogP contribution in [0.25, 0.3) is 21.9 Å². The largest absolute Gasteiger partial charge is 0.508 e. The number of phenolic OH excluding ortho intramolecular Hbond substituents is 1. The summed E-state index contributed by atoms with van der Waals surface area (Å²) in [5, 5.41) is 13.3. The zero-order valence-corrected chi connectivity index (χ0v) is 17.9. The number of fused-ring (bicyclic) bond motifs is 3. The lowest BCUT2D eigenvalue weighted by molar-refractivity contribution is 0.0888. The van der Waals surface area contributed by atoms with Gasteiger partial charge in [-0.3, -0.25) is 0 Å². The lowest BCUT2D eigenvalue weighted by atomic mass is 9.57. The van der Waals surface area contributed by atoms with Gasteiger partial charge < -0.3 is 5.11 Å². The second kappa shape index (κ2) is 6.90. The van der Waals surface area contributed by atoms with E-state index in [1.54, 1.807) is 0 Å². The quantitative estimate of drug-likeness (QED) is 0.481. The SMILES string of the molecule is Cc1ccc(-c2ccc3cc(O)c(C4(C)CC5CC(C)CC(C5)C4)cc3c2)cc1. The van der Waals surface area contributed by atoms with Gasteiger partial charge in [0.25, 0.3) is 0 Å². The van der Waals surface area contributed by atoms with Crippen molar-refractivity contribution in [1.82, 2.24) is 0 Å². The maximum atomic E-state index is 11.0. The summed E-state index contributed by atoms with van der Waals surface area (Å²) in [6, 6.07) is 19.6. The highest BCUT2D eigenvalue weighted by molar-refractivity contribution is 5.89. The van der Waals surface area contributed by atoms with Crippen molar-refractivity contribution in [1.29, 1.82) is 0 Å². The predicted molar refractivity (Wildman–Crippen MR) is 122 cm³/mol. The van der Waals surface area contributed by atoms with Crippen molar-refractivity contribution in [3.05, 3.63) is 65.7 Å². The van der Waals surface area contributed by atoms with E-state index >= 15 is 0 Å². The van der Waals surface area contributed by atoms with Crippen LogP contribution in [0, 0.1) is 24.7 Å². The predicted octanol–water partition coefficient (Wildman–Crippen LogP) is 7.62. The lowest BCUT2D eigenvalue weighted by Crippen LogP contribution is -2.38. The van der Waals surface area contributed by atoms with Gasteiger partial charge in [0, 0.05) is 5.56 Å². The van der Waals surface area contributed by atoms with Crippen molar-refractivity contribution >= 4 is 10.8 Å². The van der Waals surface area contributed by atoms with E-state index in [0.29, 0.717) is 5.75 Å². The summed E-state index contributed by atoms with van der Waals surface area (Å²) in [4.78, 5) is 0. The molecule has 0 aliphatic heterocycles. The molecule has 150 valence electrons. The summed E-state index contributed by atoms with van der Waals surface area (Å²) < 4.78 is 0. The molecule has 2 aliphatic rings. The van der Waals surface area contributed by atoms with E-state index in [1.165, 1.54) is 54.2 Å². The number of phenols is 1. The van der Waals surface area contributed by atoms with Gasteiger partial charge in [0.2, 0.25) is 0 Å². The summed E-state index contributed by atoms with van der Waals surface area (Å²) in [6.45, 7) is 6.94. The molecular formula is C28H32O. The Morgan fingerprint density at radius 1 is 0.793 bits per heavy atom. The van der Waals surface area contributed by atoms with Crippen LogP contribution >= 0.6 is 0 Å². The maximum Gasteiger partial charge on any atom is 0.119 e. The molecule has 0 radical (unpaired) electrons. The first-order valence-electron chi connectivity index (χ1n) is 11.2. The molecule has 2 saturated carbocycles. The van der Waals surface area contributed by atoms with Crippen molar-refractivity contribution in [2.24, 2.45) is 17.8 Å². The van der Waals surface area contributed by atoms with Crippen LogP contribution < -0.4 is 0 Å².